The van der Waals surface area contributed by atoms with E-state index in [4.69, 9.17) is 5.73 Å². The number of hydrogen-bond acceptors (Lipinski definition) is 5. The Bertz CT molecular complexity index is 652. The lowest BCUT2D eigenvalue weighted by Gasteiger charge is -2.10. The highest BCUT2D eigenvalue weighted by Gasteiger charge is 2.16. The van der Waals surface area contributed by atoms with Gasteiger partial charge in [0.05, 0.1) is 10.6 Å². The molecule has 0 bridgehead atoms. The molecule has 0 aliphatic heterocycles. The average molecular weight is 320 g/mol. The molecule has 0 fully saturated rings. The maximum atomic E-state index is 12.0. The van der Waals surface area contributed by atoms with Gasteiger partial charge in [-0.1, -0.05) is 19.1 Å². The molecule has 0 aromatic heterocycles. The Morgan fingerprint density at radius 2 is 1.90 bits per heavy atom. The summed E-state index contributed by atoms with van der Waals surface area (Å²) in [7, 11) is -6.91. The zero-order chi connectivity index (χ0) is 15.4. The summed E-state index contributed by atoms with van der Waals surface area (Å²) in [6, 6.07) is 6.01. The number of rotatable bonds is 7. The molecule has 3 N–H and O–H groups in total. The third-order valence-electron chi connectivity index (χ3n) is 2.84. The number of hydrogen-bond donors (Lipinski definition) is 2. The number of sulfone groups is 1. The Balaban J connectivity index is 2.82. The fourth-order valence-corrected chi connectivity index (χ4v) is 3.44. The first-order valence-electron chi connectivity index (χ1n) is 6.23. The molecule has 0 saturated carbocycles. The van der Waals surface area contributed by atoms with E-state index < -0.39 is 19.9 Å². The first-order valence-corrected chi connectivity index (χ1v) is 9.54. The van der Waals surface area contributed by atoms with Crippen LogP contribution < -0.4 is 10.5 Å². The van der Waals surface area contributed by atoms with Gasteiger partial charge in [0.25, 0.3) is 0 Å². The fourth-order valence-electron chi connectivity index (χ4n) is 1.52. The van der Waals surface area contributed by atoms with Crippen LogP contribution in [0.2, 0.25) is 0 Å². The van der Waals surface area contributed by atoms with Crippen molar-refractivity contribution in [2.75, 3.05) is 18.1 Å². The van der Waals surface area contributed by atoms with Crippen LogP contribution in [0.3, 0.4) is 0 Å². The minimum atomic E-state index is -3.72. The van der Waals surface area contributed by atoms with Gasteiger partial charge >= 0.3 is 0 Å². The molecule has 0 aliphatic rings. The maximum Gasteiger partial charge on any atom is 0.240 e. The van der Waals surface area contributed by atoms with E-state index in [1.807, 2.05) is 0 Å². The van der Waals surface area contributed by atoms with Gasteiger partial charge in [-0.3, -0.25) is 0 Å². The van der Waals surface area contributed by atoms with Gasteiger partial charge in [0.1, 0.15) is 0 Å². The van der Waals surface area contributed by atoms with Gasteiger partial charge in [-0.25, -0.2) is 21.6 Å². The van der Waals surface area contributed by atoms with E-state index in [-0.39, 0.29) is 29.0 Å². The third-order valence-corrected chi connectivity index (χ3v) is 6.00. The Kier molecular flexibility index (Phi) is 5.69. The minimum absolute atomic E-state index is 0.00506. The van der Waals surface area contributed by atoms with Crippen LogP contribution in [0.1, 0.15) is 25.5 Å². The highest BCUT2D eigenvalue weighted by Crippen LogP contribution is 2.15. The molecule has 8 heteroatoms. The van der Waals surface area contributed by atoms with E-state index in [1.54, 1.807) is 19.1 Å². The molecule has 0 heterocycles. The van der Waals surface area contributed by atoms with Crippen LogP contribution in [-0.4, -0.2) is 34.9 Å². The molecular weight excluding hydrogens is 300 g/mol. The Labute approximate surface area is 120 Å². The molecule has 114 valence electrons. The largest absolute Gasteiger partial charge is 0.324 e. The smallest absolute Gasteiger partial charge is 0.240 e. The Morgan fingerprint density at radius 1 is 1.25 bits per heavy atom. The molecule has 6 nitrogen and oxygen atoms in total. The summed E-state index contributed by atoms with van der Waals surface area (Å²) in [4.78, 5) is 0.0844. The molecule has 1 atom stereocenters. The molecule has 20 heavy (non-hydrogen) atoms. The summed E-state index contributed by atoms with van der Waals surface area (Å²) in [5, 5.41) is 0. The quantitative estimate of drug-likeness (QED) is 0.757. The number of nitrogens with one attached hydrogen (secondary N) is 1. The first-order chi connectivity index (χ1) is 9.18. The van der Waals surface area contributed by atoms with E-state index in [0.29, 0.717) is 5.56 Å². The standard InChI is InChI=1S/C12H20N2O4S2/c1-3-19(15,16)8-7-14-20(17,18)12-6-4-5-11(9-12)10(2)13/h4-6,9-10,14H,3,7-8,13H2,1-2H3. The van der Waals surface area contributed by atoms with E-state index in [2.05, 4.69) is 4.72 Å². The van der Waals surface area contributed by atoms with Crippen molar-refractivity contribution in [1.82, 2.24) is 4.72 Å². The molecule has 1 aromatic carbocycles. The van der Waals surface area contributed by atoms with Crippen molar-refractivity contribution in [3.05, 3.63) is 29.8 Å². The lowest BCUT2D eigenvalue weighted by Crippen LogP contribution is -2.29. The van der Waals surface area contributed by atoms with E-state index >= 15 is 0 Å². The van der Waals surface area contributed by atoms with Gasteiger partial charge in [0.2, 0.25) is 10.0 Å². The van der Waals surface area contributed by atoms with Crippen LogP contribution in [0.15, 0.2) is 29.2 Å². The highest BCUT2D eigenvalue weighted by molar-refractivity contribution is 7.91. The Hall–Kier alpha value is -0.960. The summed E-state index contributed by atoms with van der Waals surface area (Å²) in [6.45, 7) is 3.14. The predicted octanol–water partition coefficient (Wildman–Crippen LogP) is 0.419. The second-order valence-electron chi connectivity index (χ2n) is 4.50. The lowest BCUT2D eigenvalue weighted by atomic mass is 10.1. The number of sulfonamides is 1. The molecule has 0 radical (unpaired) electrons. The molecule has 0 saturated heterocycles. The second-order valence-corrected chi connectivity index (χ2v) is 8.74. The monoisotopic (exact) mass is 320 g/mol. The predicted molar refractivity (Wildman–Crippen MR) is 78.6 cm³/mol. The first kappa shape index (κ1) is 17.1. The van der Waals surface area contributed by atoms with Gasteiger partial charge in [-0.15, -0.1) is 0 Å². The minimum Gasteiger partial charge on any atom is -0.324 e. The summed E-state index contributed by atoms with van der Waals surface area (Å²) in [5.74, 6) is -0.218. The van der Waals surface area contributed by atoms with Crippen LogP contribution in [0.4, 0.5) is 0 Å². The van der Waals surface area contributed by atoms with Crippen LogP contribution in [0, 0.1) is 0 Å². The second kappa shape index (κ2) is 6.66. The summed E-state index contributed by atoms with van der Waals surface area (Å²) < 4.78 is 49.0. The maximum absolute atomic E-state index is 12.0. The van der Waals surface area contributed by atoms with Crippen molar-refractivity contribution in [3.63, 3.8) is 0 Å². The van der Waals surface area contributed by atoms with E-state index in [0.717, 1.165) is 0 Å². The molecule has 0 amide bonds. The van der Waals surface area contributed by atoms with Gasteiger partial charge in [0, 0.05) is 18.3 Å². The highest BCUT2D eigenvalue weighted by atomic mass is 32.2. The van der Waals surface area contributed by atoms with Crippen molar-refractivity contribution in [3.8, 4) is 0 Å². The lowest BCUT2D eigenvalue weighted by molar-refractivity contribution is 0.581. The third kappa shape index (κ3) is 4.86. The zero-order valence-corrected chi connectivity index (χ0v) is 13.2. The zero-order valence-electron chi connectivity index (χ0n) is 11.5. The summed E-state index contributed by atoms with van der Waals surface area (Å²) in [6.07, 6.45) is 0. The average Bonchev–Trinajstić information content (AvgIpc) is 2.38. The molecule has 0 aliphatic carbocycles. The molecule has 1 aromatic rings. The van der Waals surface area contributed by atoms with Gasteiger partial charge in [0.15, 0.2) is 9.84 Å². The van der Waals surface area contributed by atoms with Crippen molar-refractivity contribution in [1.29, 1.82) is 0 Å². The topological polar surface area (TPSA) is 106 Å². The molecule has 1 rings (SSSR count). The number of nitrogens with two attached hydrogens (primary N) is 1. The van der Waals surface area contributed by atoms with Crippen molar-refractivity contribution < 1.29 is 16.8 Å². The van der Waals surface area contributed by atoms with Crippen LogP contribution >= 0.6 is 0 Å². The van der Waals surface area contributed by atoms with Crippen molar-refractivity contribution in [2.24, 2.45) is 5.73 Å². The van der Waals surface area contributed by atoms with Gasteiger partial charge in [-0.05, 0) is 24.6 Å². The van der Waals surface area contributed by atoms with Gasteiger partial charge in [-0.2, -0.15) is 0 Å². The van der Waals surface area contributed by atoms with Crippen molar-refractivity contribution in [2.45, 2.75) is 24.8 Å². The van der Waals surface area contributed by atoms with E-state index in [9.17, 15) is 16.8 Å². The molecule has 0 spiro atoms. The van der Waals surface area contributed by atoms with Crippen LogP contribution in [0.5, 0.6) is 0 Å². The van der Waals surface area contributed by atoms with E-state index in [1.165, 1.54) is 19.1 Å². The number of benzene rings is 1. The van der Waals surface area contributed by atoms with Crippen LogP contribution in [0.25, 0.3) is 0 Å². The van der Waals surface area contributed by atoms with Crippen LogP contribution in [-0.2, 0) is 19.9 Å². The van der Waals surface area contributed by atoms with Gasteiger partial charge < -0.3 is 5.73 Å². The SMILES string of the molecule is CCS(=O)(=O)CCNS(=O)(=O)c1cccc(C(C)N)c1. The summed E-state index contributed by atoms with van der Waals surface area (Å²) >= 11 is 0. The summed E-state index contributed by atoms with van der Waals surface area (Å²) in [5.41, 5.74) is 6.41. The Morgan fingerprint density at radius 3 is 2.45 bits per heavy atom. The van der Waals surface area contributed by atoms with Crippen molar-refractivity contribution >= 4 is 19.9 Å². The fraction of sp³-hybridized carbons (Fsp3) is 0.500. The molecule has 1 unspecified atom stereocenters. The molecular formula is C12H20N2O4S2. The normalized spacial score (nSPS) is 14.2.